The summed E-state index contributed by atoms with van der Waals surface area (Å²) in [6, 6.07) is 9.27. The Morgan fingerprint density at radius 2 is 2.25 bits per heavy atom. The van der Waals surface area contributed by atoms with Gasteiger partial charge in [-0.05, 0) is 37.6 Å². The number of likely N-dealkylation sites (N-methyl/N-ethyl adjacent to an activating group) is 1. The minimum absolute atomic E-state index is 0.589. The van der Waals surface area contributed by atoms with E-state index in [2.05, 4.69) is 48.0 Å². The molecule has 1 atom stereocenters. The Morgan fingerprint density at radius 3 is 3.00 bits per heavy atom. The Hall–Kier alpha value is -1.28. The van der Waals surface area contributed by atoms with Crippen LogP contribution in [0.5, 0.6) is 0 Å². The fourth-order valence-corrected chi connectivity index (χ4v) is 2.42. The molecule has 2 nitrogen and oxygen atoms in total. The molecule has 1 N–H and O–H groups in total. The van der Waals surface area contributed by atoms with E-state index in [1.165, 1.54) is 16.8 Å². The maximum Gasteiger partial charge on any atom is 0.0404 e. The van der Waals surface area contributed by atoms with E-state index in [1.54, 1.807) is 0 Å². The van der Waals surface area contributed by atoms with Crippen molar-refractivity contribution < 1.29 is 0 Å². The topological polar surface area (TPSA) is 15.3 Å². The smallest absolute Gasteiger partial charge is 0.0404 e. The van der Waals surface area contributed by atoms with Gasteiger partial charge < -0.3 is 10.2 Å². The zero-order valence-corrected chi connectivity index (χ0v) is 10.2. The predicted octanol–water partition coefficient (Wildman–Crippen LogP) is 2.21. The lowest BCUT2D eigenvalue weighted by Crippen LogP contribution is -2.32. The van der Waals surface area contributed by atoms with Gasteiger partial charge in [-0.1, -0.05) is 24.8 Å². The van der Waals surface area contributed by atoms with E-state index < -0.39 is 0 Å². The molecule has 2 heteroatoms. The van der Waals surface area contributed by atoms with Crippen molar-refractivity contribution in [1.29, 1.82) is 0 Å². The third-order valence-corrected chi connectivity index (χ3v) is 3.17. The molecule has 0 saturated heterocycles. The Balaban J connectivity index is 2.13. The molecule has 1 unspecified atom stereocenters. The van der Waals surface area contributed by atoms with E-state index in [4.69, 9.17) is 0 Å². The molecule has 0 amide bonds. The number of hydrogen-bond donors (Lipinski definition) is 1. The quantitative estimate of drug-likeness (QED) is 0.776. The molecule has 1 aromatic rings. The van der Waals surface area contributed by atoms with Crippen LogP contribution in [0.1, 0.15) is 12.5 Å². The van der Waals surface area contributed by atoms with Crippen molar-refractivity contribution >= 4 is 5.69 Å². The van der Waals surface area contributed by atoms with Gasteiger partial charge in [-0.25, -0.2) is 0 Å². The number of anilines is 1. The van der Waals surface area contributed by atoms with Gasteiger partial charge in [-0.3, -0.25) is 0 Å². The van der Waals surface area contributed by atoms with Gasteiger partial charge in [0.15, 0.2) is 0 Å². The van der Waals surface area contributed by atoms with E-state index in [-0.39, 0.29) is 0 Å². The van der Waals surface area contributed by atoms with Gasteiger partial charge in [-0.15, -0.1) is 0 Å². The highest BCUT2D eigenvalue weighted by atomic mass is 15.2. The Bertz CT molecular complexity index is 384. The molecule has 1 aromatic carbocycles. The number of para-hydroxylation sites is 1. The van der Waals surface area contributed by atoms with Crippen molar-refractivity contribution in [3.63, 3.8) is 0 Å². The molecule has 0 aromatic heterocycles. The molecular formula is C14H20N2. The van der Waals surface area contributed by atoms with E-state index in [0.29, 0.717) is 6.04 Å². The minimum atomic E-state index is 0.589. The van der Waals surface area contributed by atoms with Crippen molar-refractivity contribution in [3.05, 3.63) is 42.0 Å². The summed E-state index contributed by atoms with van der Waals surface area (Å²) in [5.41, 5.74) is 4.09. The monoisotopic (exact) mass is 216 g/mol. The average Bonchev–Trinajstić information content (AvgIpc) is 2.56. The zero-order valence-electron chi connectivity index (χ0n) is 10.2. The minimum Gasteiger partial charge on any atom is -0.364 e. The van der Waals surface area contributed by atoms with Crippen LogP contribution in [0.25, 0.3) is 0 Å². The summed E-state index contributed by atoms with van der Waals surface area (Å²) in [5.74, 6) is 0. The molecule has 1 aliphatic rings. The van der Waals surface area contributed by atoms with Crippen molar-refractivity contribution in [3.8, 4) is 0 Å². The summed E-state index contributed by atoms with van der Waals surface area (Å²) in [7, 11) is 1.96. The fraction of sp³-hybridized carbons (Fsp3) is 0.429. The molecule has 16 heavy (non-hydrogen) atoms. The van der Waals surface area contributed by atoms with Crippen molar-refractivity contribution in [1.82, 2.24) is 5.32 Å². The Morgan fingerprint density at radius 1 is 1.50 bits per heavy atom. The number of fused-ring (bicyclic) bond motifs is 1. The summed E-state index contributed by atoms with van der Waals surface area (Å²) < 4.78 is 0. The normalized spacial score (nSPS) is 18.6. The third-order valence-electron chi connectivity index (χ3n) is 3.17. The van der Waals surface area contributed by atoms with Crippen LogP contribution in [-0.4, -0.2) is 26.2 Å². The van der Waals surface area contributed by atoms with Crippen molar-refractivity contribution in [2.75, 3.05) is 25.0 Å². The molecule has 0 bridgehead atoms. The van der Waals surface area contributed by atoms with Gasteiger partial charge in [0, 0.05) is 24.8 Å². The molecule has 0 radical (unpaired) electrons. The SMILES string of the molecule is C=C(CNC)CN1c2ccccc2CC1C. The van der Waals surface area contributed by atoms with Gasteiger partial charge in [0.05, 0.1) is 0 Å². The first-order valence-electron chi connectivity index (χ1n) is 5.88. The van der Waals surface area contributed by atoms with Gasteiger partial charge in [0.1, 0.15) is 0 Å². The largest absolute Gasteiger partial charge is 0.364 e. The second-order valence-electron chi connectivity index (χ2n) is 4.59. The first-order valence-corrected chi connectivity index (χ1v) is 5.88. The van der Waals surface area contributed by atoms with Crippen LogP contribution >= 0.6 is 0 Å². The highest BCUT2D eigenvalue weighted by Gasteiger charge is 2.25. The summed E-state index contributed by atoms with van der Waals surface area (Å²) in [4.78, 5) is 2.45. The lowest BCUT2D eigenvalue weighted by atomic mass is 10.1. The third kappa shape index (κ3) is 2.12. The second-order valence-corrected chi connectivity index (χ2v) is 4.59. The summed E-state index contributed by atoms with van der Waals surface area (Å²) >= 11 is 0. The van der Waals surface area contributed by atoms with E-state index in [0.717, 1.165) is 19.5 Å². The molecule has 2 rings (SSSR count). The number of nitrogens with one attached hydrogen (secondary N) is 1. The zero-order chi connectivity index (χ0) is 11.5. The van der Waals surface area contributed by atoms with Crippen LogP contribution in [0.2, 0.25) is 0 Å². The van der Waals surface area contributed by atoms with E-state index in [9.17, 15) is 0 Å². The molecule has 0 aliphatic carbocycles. The Labute approximate surface area is 98.0 Å². The van der Waals surface area contributed by atoms with Crippen LogP contribution in [0.4, 0.5) is 5.69 Å². The second kappa shape index (κ2) is 4.71. The molecule has 1 heterocycles. The van der Waals surface area contributed by atoms with Gasteiger partial charge in [0.25, 0.3) is 0 Å². The molecule has 0 fully saturated rings. The van der Waals surface area contributed by atoms with Crippen LogP contribution in [0.3, 0.4) is 0 Å². The van der Waals surface area contributed by atoms with E-state index in [1.807, 2.05) is 7.05 Å². The highest BCUT2D eigenvalue weighted by molar-refractivity contribution is 5.59. The Kier molecular flexibility index (Phi) is 3.30. The highest BCUT2D eigenvalue weighted by Crippen LogP contribution is 2.31. The molecule has 0 saturated carbocycles. The molecule has 1 aliphatic heterocycles. The molecular weight excluding hydrogens is 196 g/mol. The van der Waals surface area contributed by atoms with Gasteiger partial charge >= 0.3 is 0 Å². The lowest BCUT2D eigenvalue weighted by molar-refractivity contribution is 0.687. The van der Waals surface area contributed by atoms with Crippen LogP contribution in [0.15, 0.2) is 36.4 Å². The first kappa shape index (κ1) is 11.2. The van der Waals surface area contributed by atoms with Crippen molar-refractivity contribution in [2.45, 2.75) is 19.4 Å². The maximum atomic E-state index is 4.11. The molecule has 0 spiro atoms. The van der Waals surface area contributed by atoms with E-state index >= 15 is 0 Å². The fourth-order valence-electron chi connectivity index (χ4n) is 2.42. The number of benzene rings is 1. The maximum absolute atomic E-state index is 4.11. The van der Waals surface area contributed by atoms with Crippen LogP contribution in [0, 0.1) is 0 Å². The first-order chi connectivity index (χ1) is 7.72. The van der Waals surface area contributed by atoms with Crippen LogP contribution < -0.4 is 10.2 Å². The molecule has 86 valence electrons. The number of rotatable bonds is 4. The predicted molar refractivity (Wildman–Crippen MR) is 70.0 cm³/mol. The van der Waals surface area contributed by atoms with Crippen molar-refractivity contribution in [2.24, 2.45) is 0 Å². The average molecular weight is 216 g/mol. The van der Waals surface area contributed by atoms with Crippen LogP contribution in [-0.2, 0) is 6.42 Å². The summed E-state index contributed by atoms with van der Waals surface area (Å²) in [5, 5.41) is 3.15. The standard InChI is InChI=1S/C14H20N2/c1-11(9-15-3)10-16-12(2)8-13-6-4-5-7-14(13)16/h4-7,12,15H,1,8-10H2,2-3H3. The lowest BCUT2D eigenvalue weighted by Gasteiger charge is -2.25. The van der Waals surface area contributed by atoms with Gasteiger partial charge in [-0.2, -0.15) is 0 Å². The number of hydrogen-bond acceptors (Lipinski definition) is 2. The summed E-state index contributed by atoms with van der Waals surface area (Å²) in [6.45, 7) is 8.25. The summed E-state index contributed by atoms with van der Waals surface area (Å²) in [6.07, 6.45) is 1.16. The number of nitrogens with zero attached hydrogens (tertiary/aromatic N) is 1. The van der Waals surface area contributed by atoms with Gasteiger partial charge in [0.2, 0.25) is 0 Å².